The monoisotopic (exact) mass is 396 g/mol. The van der Waals surface area contributed by atoms with Crippen molar-refractivity contribution < 1.29 is 9.18 Å². The summed E-state index contributed by atoms with van der Waals surface area (Å²) >= 11 is 3.07. The molecule has 1 aromatic heterocycles. The van der Waals surface area contributed by atoms with E-state index in [1.165, 1.54) is 34.7 Å². The van der Waals surface area contributed by atoms with Crippen LogP contribution in [0.15, 0.2) is 70.6 Å². The molecule has 4 aromatic rings. The van der Waals surface area contributed by atoms with E-state index in [2.05, 4.69) is 29.3 Å². The van der Waals surface area contributed by atoms with Gasteiger partial charge in [-0.25, -0.2) is 4.39 Å². The number of nitrogens with zero attached hydrogens (tertiary/aromatic N) is 2. The van der Waals surface area contributed by atoms with Crippen LogP contribution in [0.4, 0.5) is 4.39 Å². The van der Waals surface area contributed by atoms with E-state index < -0.39 is 0 Å². The van der Waals surface area contributed by atoms with Crippen LogP contribution < -0.4 is 4.80 Å². The van der Waals surface area contributed by atoms with Gasteiger partial charge in [-0.05, 0) is 35.7 Å². The third-order valence-corrected chi connectivity index (χ3v) is 6.51. The lowest BCUT2D eigenvalue weighted by atomic mass is 10.1. The third-order valence-electron chi connectivity index (χ3n) is 4.32. The lowest BCUT2D eigenvalue weighted by molar-refractivity contribution is -0.117. The van der Waals surface area contributed by atoms with Gasteiger partial charge in [0.2, 0.25) is 5.91 Å². The molecule has 0 saturated carbocycles. The fourth-order valence-corrected chi connectivity index (χ4v) is 4.92. The van der Waals surface area contributed by atoms with E-state index in [9.17, 15) is 9.18 Å². The Balaban J connectivity index is 1.55. The number of benzene rings is 3. The van der Waals surface area contributed by atoms with E-state index in [1.54, 1.807) is 23.5 Å². The lowest BCUT2D eigenvalue weighted by Gasteiger charge is -2.00. The van der Waals surface area contributed by atoms with Crippen molar-refractivity contribution in [1.82, 2.24) is 4.57 Å². The number of rotatable bonds is 4. The molecule has 0 aliphatic heterocycles. The highest BCUT2D eigenvalue weighted by molar-refractivity contribution is 7.99. The zero-order valence-corrected chi connectivity index (χ0v) is 16.3. The minimum absolute atomic E-state index is 0.143. The summed E-state index contributed by atoms with van der Waals surface area (Å²) in [6.45, 7) is 0. The average Bonchev–Trinajstić information content (AvgIpc) is 2.99. The van der Waals surface area contributed by atoms with Crippen LogP contribution in [0.5, 0.6) is 0 Å². The predicted octanol–water partition coefficient (Wildman–Crippen LogP) is 5.14. The average molecular weight is 397 g/mol. The Kier molecular flexibility index (Phi) is 5.09. The zero-order chi connectivity index (χ0) is 18.8. The number of aryl methyl sites for hydroxylation is 1. The van der Waals surface area contributed by atoms with E-state index in [4.69, 9.17) is 0 Å². The standard InChI is InChI=1S/C21H17FN2OS2/c1-24-18-11-6-14-4-2-3-5-17(14)20(18)27-21(24)23-19(25)12-13-26-16-9-7-15(22)8-10-16/h2-11H,12-13H2,1H3. The molecule has 1 amide bonds. The molecular formula is C21H17FN2OS2. The molecule has 0 aliphatic rings. The van der Waals surface area contributed by atoms with Crippen molar-refractivity contribution in [2.75, 3.05) is 5.75 Å². The highest BCUT2D eigenvalue weighted by Gasteiger charge is 2.08. The van der Waals surface area contributed by atoms with Crippen LogP contribution in [0.25, 0.3) is 21.0 Å². The topological polar surface area (TPSA) is 34.4 Å². The minimum atomic E-state index is -0.254. The largest absolute Gasteiger partial charge is 0.319 e. The Morgan fingerprint density at radius 1 is 1.11 bits per heavy atom. The van der Waals surface area contributed by atoms with Gasteiger partial charge in [0.05, 0.1) is 10.2 Å². The third kappa shape index (κ3) is 3.82. The molecule has 0 saturated heterocycles. The van der Waals surface area contributed by atoms with Crippen LogP contribution in [0.3, 0.4) is 0 Å². The number of hydrogen-bond acceptors (Lipinski definition) is 3. The van der Waals surface area contributed by atoms with Crippen molar-refractivity contribution in [3.63, 3.8) is 0 Å². The molecule has 0 radical (unpaired) electrons. The highest BCUT2D eigenvalue weighted by atomic mass is 32.2. The molecule has 0 atom stereocenters. The number of amides is 1. The molecule has 0 N–H and O–H groups in total. The van der Waals surface area contributed by atoms with Crippen molar-refractivity contribution in [3.8, 4) is 0 Å². The second-order valence-electron chi connectivity index (χ2n) is 6.14. The summed E-state index contributed by atoms with van der Waals surface area (Å²) < 4.78 is 16.0. The fourth-order valence-electron chi connectivity index (χ4n) is 2.91. The molecular weight excluding hydrogens is 379 g/mol. The second kappa shape index (κ2) is 7.66. The molecule has 1 heterocycles. The molecule has 136 valence electrons. The zero-order valence-electron chi connectivity index (χ0n) is 14.7. The molecule has 3 aromatic carbocycles. The second-order valence-corrected chi connectivity index (χ2v) is 8.28. The molecule has 0 bridgehead atoms. The maximum atomic E-state index is 12.9. The number of fused-ring (bicyclic) bond motifs is 3. The maximum absolute atomic E-state index is 12.9. The van der Waals surface area contributed by atoms with Crippen LogP contribution in [-0.4, -0.2) is 16.2 Å². The number of carbonyl (C=O) groups excluding carboxylic acids is 1. The normalized spacial score (nSPS) is 12.1. The first-order valence-corrected chi connectivity index (χ1v) is 10.4. The molecule has 0 fully saturated rings. The summed E-state index contributed by atoms with van der Waals surface area (Å²) in [6, 6.07) is 18.7. The van der Waals surface area contributed by atoms with Gasteiger partial charge in [-0.15, -0.1) is 11.8 Å². The summed E-state index contributed by atoms with van der Waals surface area (Å²) in [6.07, 6.45) is 0.344. The van der Waals surface area contributed by atoms with E-state index in [1.807, 2.05) is 23.7 Å². The predicted molar refractivity (Wildman–Crippen MR) is 111 cm³/mol. The van der Waals surface area contributed by atoms with Gasteiger partial charge in [0.1, 0.15) is 5.82 Å². The van der Waals surface area contributed by atoms with Crippen molar-refractivity contribution in [2.24, 2.45) is 12.0 Å². The van der Waals surface area contributed by atoms with Gasteiger partial charge in [-0.1, -0.05) is 41.7 Å². The summed E-state index contributed by atoms with van der Waals surface area (Å²) in [5.74, 6) is 0.220. The Hall–Kier alpha value is -2.44. The van der Waals surface area contributed by atoms with Crippen LogP contribution in [0.2, 0.25) is 0 Å². The summed E-state index contributed by atoms with van der Waals surface area (Å²) in [7, 11) is 1.94. The number of hydrogen-bond donors (Lipinski definition) is 0. The van der Waals surface area contributed by atoms with Crippen molar-refractivity contribution in [3.05, 3.63) is 71.3 Å². The minimum Gasteiger partial charge on any atom is -0.319 e. The first-order chi connectivity index (χ1) is 13.1. The van der Waals surface area contributed by atoms with Gasteiger partial charge >= 0.3 is 0 Å². The molecule has 4 rings (SSSR count). The van der Waals surface area contributed by atoms with Crippen molar-refractivity contribution >= 4 is 50.0 Å². The summed E-state index contributed by atoms with van der Waals surface area (Å²) in [4.78, 5) is 18.3. The molecule has 0 unspecified atom stereocenters. The Labute approximate surface area is 164 Å². The van der Waals surface area contributed by atoms with Gasteiger partial charge < -0.3 is 4.57 Å². The first kappa shape index (κ1) is 17.9. The Morgan fingerprint density at radius 3 is 2.70 bits per heavy atom. The van der Waals surface area contributed by atoms with E-state index in [0.717, 1.165) is 15.1 Å². The Bertz CT molecular complexity index is 1190. The van der Waals surface area contributed by atoms with E-state index >= 15 is 0 Å². The van der Waals surface area contributed by atoms with Crippen LogP contribution in [-0.2, 0) is 11.8 Å². The number of thioether (sulfide) groups is 1. The Morgan fingerprint density at radius 2 is 1.89 bits per heavy atom. The molecule has 3 nitrogen and oxygen atoms in total. The van der Waals surface area contributed by atoms with Crippen LogP contribution in [0, 0.1) is 5.82 Å². The van der Waals surface area contributed by atoms with Gasteiger partial charge in [0, 0.05) is 29.5 Å². The van der Waals surface area contributed by atoms with Gasteiger partial charge in [0.15, 0.2) is 4.80 Å². The van der Waals surface area contributed by atoms with Crippen molar-refractivity contribution in [2.45, 2.75) is 11.3 Å². The molecule has 0 aliphatic carbocycles. The van der Waals surface area contributed by atoms with Crippen LogP contribution in [0.1, 0.15) is 6.42 Å². The van der Waals surface area contributed by atoms with E-state index in [0.29, 0.717) is 17.0 Å². The molecule has 0 spiro atoms. The first-order valence-electron chi connectivity index (χ1n) is 8.55. The number of aromatic nitrogens is 1. The SMILES string of the molecule is Cn1c(=NC(=O)CCSc2ccc(F)cc2)sc2c3ccccc3ccc21. The molecule has 6 heteroatoms. The van der Waals surface area contributed by atoms with Gasteiger partial charge in [0.25, 0.3) is 0 Å². The maximum Gasteiger partial charge on any atom is 0.249 e. The fraction of sp³-hybridized carbons (Fsp3) is 0.143. The quantitative estimate of drug-likeness (QED) is 0.448. The number of carbonyl (C=O) groups is 1. The number of thiazole rings is 1. The van der Waals surface area contributed by atoms with Gasteiger partial charge in [-0.3, -0.25) is 4.79 Å². The van der Waals surface area contributed by atoms with Crippen molar-refractivity contribution in [1.29, 1.82) is 0 Å². The van der Waals surface area contributed by atoms with Gasteiger partial charge in [-0.2, -0.15) is 4.99 Å². The van der Waals surface area contributed by atoms with Crippen LogP contribution >= 0.6 is 23.1 Å². The van der Waals surface area contributed by atoms with E-state index in [-0.39, 0.29) is 11.7 Å². The smallest absolute Gasteiger partial charge is 0.249 e. The molecule has 27 heavy (non-hydrogen) atoms. The highest BCUT2D eigenvalue weighted by Crippen LogP contribution is 2.27. The summed E-state index contributed by atoms with van der Waals surface area (Å²) in [5, 5.41) is 2.36. The summed E-state index contributed by atoms with van der Waals surface area (Å²) in [5.41, 5.74) is 1.07. The lowest BCUT2D eigenvalue weighted by Crippen LogP contribution is -2.13. The number of halogens is 1.